The summed E-state index contributed by atoms with van der Waals surface area (Å²) in [4.78, 5) is 0. The predicted octanol–water partition coefficient (Wildman–Crippen LogP) is 15.2. The lowest BCUT2D eigenvalue weighted by atomic mass is 9.58. The lowest BCUT2D eigenvalue weighted by Gasteiger charge is -2.46. The summed E-state index contributed by atoms with van der Waals surface area (Å²) in [5, 5.41) is 8.39. The number of aryl methyl sites for hydroxylation is 1. The van der Waals surface area contributed by atoms with Crippen molar-refractivity contribution in [3.8, 4) is 0 Å². The summed E-state index contributed by atoms with van der Waals surface area (Å²) in [6.45, 7) is 14.3. The molecule has 64 heavy (non-hydrogen) atoms. The number of rotatable bonds is 3. The van der Waals surface area contributed by atoms with Crippen molar-refractivity contribution >= 4 is 39.8 Å². The van der Waals surface area contributed by atoms with Crippen LogP contribution in [0.5, 0.6) is 0 Å². The van der Waals surface area contributed by atoms with E-state index in [0.29, 0.717) is 35.5 Å². The van der Waals surface area contributed by atoms with Crippen molar-refractivity contribution in [2.75, 3.05) is 0 Å². The first-order chi connectivity index (χ1) is 31.0. The highest BCUT2D eigenvalue weighted by Gasteiger charge is 2.43. The maximum absolute atomic E-state index is 2.78. The maximum atomic E-state index is 2.78. The van der Waals surface area contributed by atoms with Crippen LogP contribution in [0.2, 0.25) is 0 Å². The van der Waals surface area contributed by atoms with Crippen LogP contribution in [0, 0.1) is 40.4 Å². The molecule has 0 amide bonds. The molecule has 0 saturated carbocycles. The Labute approximate surface area is 382 Å². The van der Waals surface area contributed by atoms with Crippen molar-refractivity contribution in [1.82, 2.24) is 0 Å². The van der Waals surface area contributed by atoms with Gasteiger partial charge in [0, 0.05) is 11.8 Å². The molecule has 0 N–H and O–H groups in total. The summed E-state index contributed by atoms with van der Waals surface area (Å²) < 4.78 is 0. The first-order valence-electron chi connectivity index (χ1n) is 24.8. The lowest BCUT2D eigenvalue weighted by Crippen LogP contribution is -2.35. The van der Waals surface area contributed by atoms with Gasteiger partial charge in [-0.3, -0.25) is 0 Å². The third-order valence-corrected chi connectivity index (χ3v) is 16.7. The highest BCUT2D eigenvalue weighted by Crippen LogP contribution is 2.58. The minimum absolute atomic E-state index is 0.0872. The number of benzene rings is 4. The minimum Gasteiger partial charge on any atom is -0.0839 e. The Balaban J connectivity index is 1.01. The van der Waals surface area contributed by atoms with E-state index in [0.717, 1.165) is 51.4 Å². The van der Waals surface area contributed by atoms with Crippen molar-refractivity contribution in [3.05, 3.63) is 205 Å². The average Bonchev–Trinajstić information content (AvgIpc) is 3.31. The third-order valence-electron chi connectivity index (χ3n) is 16.7. The predicted molar refractivity (Wildman–Crippen MR) is 273 cm³/mol. The first kappa shape index (κ1) is 40.1. The van der Waals surface area contributed by atoms with Gasteiger partial charge in [-0.05, 0) is 185 Å². The Morgan fingerprint density at radius 1 is 0.609 bits per heavy atom. The van der Waals surface area contributed by atoms with E-state index in [1.165, 1.54) is 59.8 Å². The summed E-state index contributed by atoms with van der Waals surface area (Å²) in [5.74, 6) is 2.63. The molecule has 8 aliphatic carbocycles. The molecule has 0 heterocycles. The smallest absolute Gasteiger partial charge is 0.0125 e. The number of hydrogen-bond donors (Lipinski definition) is 0. The zero-order valence-corrected chi connectivity index (χ0v) is 39.0. The quantitative estimate of drug-likeness (QED) is 0.193. The molecule has 0 saturated heterocycles. The Bertz CT molecular complexity index is 3130. The minimum atomic E-state index is 0.0872. The van der Waals surface area contributed by atoms with E-state index >= 15 is 0 Å². The van der Waals surface area contributed by atoms with Crippen molar-refractivity contribution in [2.45, 2.75) is 98.8 Å². The van der Waals surface area contributed by atoms with Crippen LogP contribution in [0.15, 0.2) is 178 Å². The molecule has 0 aromatic heterocycles. The van der Waals surface area contributed by atoms with Gasteiger partial charge in [0.1, 0.15) is 0 Å². The van der Waals surface area contributed by atoms with E-state index in [-0.39, 0.29) is 10.8 Å². The summed E-state index contributed by atoms with van der Waals surface area (Å²) in [6, 6.07) is 26.1. The van der Waals surface area contributed by atoms with Crippen LogP contribution >= 0.6 is 0 Å². The van der Waals surface area contributed by atoms with Gasteiger partial charge < -0.3 is 0 Å². The molecule has 6 atom stereocenters. The monoisotopic (exact) mass is 833 g/mol. The van der Waals surface area contributed by atoms with Crippen LogP contribution < -0.4 is 10.4 Å². The molecule has 0 nitrogen and oxygen atoms in total. The second-order valence-corrected chi connectivity index (χ2v) is 22.5. The fourth-order valence-corrected chi connectivity index (χ4v) is 13.2. The van der Waals surface area contributed by atoms with Crippen LogP contribution in [0.4, 0.5) is 0 Å². The van der Waals surface area contributed by atoms with Crippen molar-refractivity contribution in [2.24, 2.45) is 40.4 Å². The second kappa shape index (κ2) is 15.1. The molecule has 4 aromatic rings. The molecule has 6 unspecified atom stereocenters. The highest BCUT2D eigenvalue weighted by atomic mass is 14.5. The van der Waals surface area contributed by atoms with E-state index in [1.807, 2.05) is 0 Å². The van der Waals surface area contributed by atoms with E-state index in [9.17, 15) is 0 Å². The van der Waals surface area contributed by atoms with E-state index in [2.05, 4.69) is 187 Å². The SMILES string of the molecule is CC(C)(C)C1=CC2C=CC(C(C)(C)C)=CC2C(C2=CC3=C(CC2)C2=C(CC3C3C=c4ccc5ccccc5c4=CC3)C3=CC=CCC3C(c3ccc4c5c(ccc4c3)CCC=C5)C2)=C1. The van der Waals surface area contributed by atoms with Crippen LogP contribution in [-0.4, -0.2) is 0 Å². The molecule has 0 fully saturated rings. The topological polar surface area (TPSA) is 0 Å². The van der Waals surface area contributed by atoms with Gasteiger partial charge in [-0.15, -0.1) is 0 Å². The summed E-state index contributed by atoms with van der Waals surface area (Å²) in [6.07, 6.45) is 42.0. The molecule has 0 bridgehead atoms. The molecule has 0 spiro atoms. The first-order valence-corrected chi connectivity index (χ1v) is 24.8. The van der Waals surface area contributed by atoms with Crippen LogP contribution in [0.25, 0.3) is 39.8 Å². The molecule has 320 valence electrons. The van der Waals surface area contributed by atoms with Gasteiger partial charge in [0.2, 0.25) is 0 Å². The average molecular weight is 833 g/mol. The maximum Gasteiger partial charge on any atom is 0.0125 e. The molecule has 0 radical (unpaired) electrons. The number of allylic oxidation sites excluding steroid dienone is 19. The Morgan fingerprint density at radius 2 is 1.45 bits per heavy atom. The number of hydrogen-bond acceptors (Lipinski definition) is 0. The van der Waals surface area contributed by atoms with E-state index in [4.69, 9.17) is 0 Å². The van der Waals surface area contributed by atoms with Gasteiger partial charge in [0.15, 0.2) is 0 Å². The summed E-state index contributed by atoms with van der Waals surface area (Å²) in [5.41, 5.74) is 19.1. The normalized spacial score (nSPS) is 27.1. The Morgan fingerprint density at radius 3 is 2.33 bits per heavy atom. The van der Waals surface area contributed by atoms with Crippen LogP contribution in [0.3, 0.4) is 0 Å². The zero-order chi connectivity index (χ0) is 43.5. The summed E-state index contributed by atoms with van der Waals surface area (Å²) >= 11 is 0. The highest BCUT2D eigenvalue weighted by molar-refractivity contribution is 5.93. The van der Waals surface area contributed by atoms with Gasteiger partial charge in [-0.1, -0.05) is 187 Å². The fourth-order valence-electron chi connectivity index (χ4n) is 13.2. The van der Waals surface area contributed by atoms with Gasteiger partial charge >= 0.3 is 0 Å². The lowest BCUT2D eigenvalue weighted by molar-refractivity contribution is 0.418. The Hall–Kier alpha value is -5.46. The molecule has 12 rings (SSSR count). The summed E-state index contributed by atoms with van der Waals surface area (Å²) in [7, 11) is 0. The van der Waals surface area contributed by atoms with Gasteiger partial charge in [0.05, 0.1) is 0 Å². The fraction of sp³-hybridized carbons (Fsp3) is 0.344. The van der Waals surface area contributed by atoms with Gasteiger partial charge in [-0.2, -0.15) is 0 Å². The zero-order valence-electron chi connectivity index (χ0n) is 39.0. The number of fused-ring (bicyclic) bond motifs is 10. The van der Waals surface area contributed by atoms with Gasteiger partial charge in [0.25, 0.3) is 0 Å². The molecule has 0 heteroatoms. The second-order valence-electron chi connectivity index (χ2n) is 22.5. The molecule has 0 aliphatic heterocycles. The Kier molecular flexibility index (Phi) is 9.43. The van der Waals surface area contributed by atoms with Crippen molar-refractivity contribution < 1.29 is 0 Å². The van der Waals surface area contributed by atoms with E-state index < -0.39 is 0 Å². The van der Waals surface area contributed by atoms with Crippen molar-refractivity contribution in [3.63, 3.8) is 0 Å². The molecular weight excluding hydrogens is 769 g/mol. The standard InChI is InChI=1S/C64H64/c1-63(2,3)47-27-23-45-33-48(64(4,5)6)36-57(56(45)35-47)46-26-30-55-60(34-46)59(44-25-29-52-42(32-44)22-20-40-14-8-10-16-50(40)52)38-61-54-18-12-11-17-53(54)58(37-62(55)61)43-24-28-51-41(31-43)21-19-39-13-7-9-15-49(39)51/h8-12,14-16,18-24,27-29,31-36,44-45,53,56,58-59H,7,13,17,25-26,30,37-38H2,1-6H3. The third kappa shape index (κ3) is 6.68. The largest absolute Gasteiger partial charge is 0.0839 e. The molecule has 4 aromatic carbocycles. The molecular formula is C64H64. The van der Waals surface area contributed by atoms with E-state index in [1.54, 1.807) is 39.0 Å². The van der Waals surface area contributed by atoms with Crippen molar-refractivity contribution in [1.29, 1.82) is 0 Å². The van der Waals surface area contributed by atoms with Crippen LogP contribution in [0.1, 0.15) is 109 Å². The molecule has 8 aliphatic rings. The van der Waals surface area contributed by atoms with Crippen LogP contribution in [-0.2, 0) is 6.42 Å². The van der Waals surface area contributed by atoms with Gasteiger partial charge in [-0.25, -0.2) is 0 Å².